The van der Waals surface area contributed by atoms with Gasteiger partial charge in [-0.05, 0) is 23.8 Å². The zero-order valence-electron chi connectivity index (χ0n) is 8.66. The van der Waals surface area contributed by atoms with E-state index in [2.05, 4.69) is 0 Å². The minimum atomic E-state index is -4.49. The maximum Gasteiger partial charge on any atom is 0.416 e. The van der Waals surface area contributed by atoms with Gasteiger partial charge < -0.3 is 10.8 Å². The number of halogens is 3. The lowest BCUT2D eigenvalue weighted by Gasteiger charge is -2.10. The molecule has 0 saturated carbocycles. The Kier molecular flexibility index (Phi) is 3.77. The van der Waals surface area contributed by atoms with Crippen LogP contribution in [0.2, 0.25) is 0 Å². The second-order valence-electron chi connectivity index (χ2n) is 3.34. The SMILES string of the molecule is Nc1ccc(C(F)(F)F)c(C=CCC(=O)O)c1. The number of nitrogens with two attached hydrogens (primary N) is 1. The summed E-state index contributed by atoms with van der Waals surface area (Å²) in [5.74, 6) is -1.11. The molecular formula is C11H10F3NO2. The van der Waals surface area contributed by atoms with Gasteiger partial charge >= 0.3 is 12.1 Å². The van der Waals surface area contributed by atoms with Crippen molar-refractivity contribution in [2.45, 2.75) is 12.6 Å². The number of carboxylic acid groups (broad SMARTS) is 1. The van der Waals surface area contributed by atoms with E-state index in [1.165, 1.54) is 0 Å². The molecule has 0 spiro atoms. The summed E-state index contributed by atoms with van der Waals surface area (Å²) >= 11 is 0. The molecule has 0 unspecified atom stereocenters. The van der Waals surface area contributed by atoms with Crippen molar-refractivity contribution in [3.8, 4) is 0 Å². The van der Waals surface area contributed by atoms with Gasteiger partial charge in [0.1, 0.15) is 0 Å². The first-order chi connectivity index (χ1) is 7.80. The number of aliphatic carboxylic acids is 1. The Labute approximate surface area is 95.4 Å². The molecule has 1 aromatic carbocycles. The summed E-state index contributed by atoms with van der Waals surface area (Å²) in [6.45, 7) is 0. The molecular weight excluding hydrogens is 235 g/mol. The Bertz CT molecular complexity index is 453. The predicted molar refractivity (Wildman–Crippen MR) is 57.1 cm³/mol. The minimum absolute atomic E-state index is 0.140. The average Bonchev–Trinajstić information content (AvgIpc) is 2.15. The molecule has 0 aliphatic carbocycles. The number of carboxylic acids is 1. The van der Waals surface area contributed by atoms with E-state index in [1.807, 2.05) is 0 Å². The van der Waals surface area contributed by atoms with Crippen LogP contribution < -0.4 is 5.73 Å². The van der Waals surface area contributed by atoms with Crippen molar-refractivity contribution >= 4 is 17.7 Å². The molecule has 3 nitrogen and oxygen atoms in total. The van der Waals surface area contributed by atoms with E-state index in [0.29, 0.717) is 0 Å². The van der Waals surface area contributed by atoms with Gasteiger partial charge in [0.2, 0.25) is 0 Å². The van der Waals surface area contributed by atoms with Crippen molar-refractivity contribution in [3.63, 3.8) is 0 Å². The summed E-state index contributed by atoms with van der Waals surface area (Å²) in [6, 6.07) is 3.17. The van der Waals surface area contributed by atoms with Crippen molar-refractivity contribution < 1.29 is 23.1 Å². The molecule has 0 amide bonds. The fraction of sp³-hybridized carbons (Fsp3) is 0.182. The molecule has 92 valence electrons. The first kappa shape index (κ1) is 13.1. The summed E-state index contributed by atoms with van der Waals surface area (Å²) in [7, 11) is 0. The first-order valence-corrected chi connectivity index (χ1v) is 4.66. The highest BCUT2D eigenvalue weighted by atomic mass is 19.4. The monoisotopic (exact) mass is 245 g/mol. The third-order valence-corrected chi connectivity index (χ3v) is 1.97. The van der Waals surface area contributed by atoms with Crippen molar-refractivity contribution in [2.75, 3.05) is 5.73 Å². The smallest absolute Gasteiger partial charge is 0.416 e. The van der Waals surface area contributed by atoms with Crippen LogP contribution in [0.5, 0.6) is 0 Å². The molecule has 17 heavy (non-hydrogen) atoms. The molecule has 0 heterocycles. The molecule has 0 bridgehead atoms. The Hall–Kier alpha value is -1.98. The lowest BCUT2D eigenvalue weighted by molar-refractivity contribution is -0.138. The Morgan fingerprint density at radius 3 is 2.59 bits per heavy atom. The number of hydrogen-bond acceptors (Lipinski definition) is 2. The van der Waals surface area contributed by atoms with Crippen molar-refractivity contribution in [1.29, 1.82) is 0 Å². The van der Waals surface area contributed by atoms with Crippen LogP contribution in [0.15, 0.2) is 24.3 Å². The summed E-state index contributed by atoms with van der Waals surface area (Å²) in [4.78, 5) is 10.2. The summed E-state index contributed by atoms with van der Waals surface area (Å²) in [5, 5.41) is 8.38. The molecule has 0 aromatic heterocycles. The third kappa shape index (κ3) is 3.82. The van der Waals surface area contributed by atoms with Gasteiger partial charge in [0.05, 0.1) is 12.0 Å². The molecule has 6 heteroatoms. The fourth-order valence-corrected chi connectivity index (χ4v) is 1.26. The molecule has 1 aromatic rings. The van der Waals surface area contributed by atoms with Crippen LogP contribution >= 0.6 is 0 Å². The van der Waals surface area contributed by atoms with Gasteiger partial charge in [-0.3, -0.25) is 4.79 Å². The fourth-order valence-electron chi connectivity index (χ4n) is 1.26. The average molecular weight is 245 g/mol. The van der Waals surface area contributed by atoms with E-state index in [1.54, 1.807) is 0 Å². The van der Waals surface area contributed by atoms with E-state index in [0.717, 1.165) is 30.4 Å². The molecule has 0 radical (unpaired) electrons. The molecule has 0 fully saturated rings. The van der Waals surface area contributed by atoms with Gasteiger partial charge in [-0.1, -0.05) is 12.2 Å². The van der Waals surface area contributed by atoms with Crippen LogP contribution in [-0.4, -0.2) is 11.1 Å². The number of hydrogen-bond donors (Lipinski definition) is 2. The van der Waals surface area contributed by atoms with Crippen molar-refractivity contribution in [1.82, 2.24) is 0 Å². The van der Waals surface area contributed by atoms with Crippen molar-refractivity contribution in [2.24, 2.45) is 0 Å². The normalized spacial score (nSPS) is 11.9. The second-order valence-corrected chi connectivity index (χ2v) is 3.34. The van der Waals surface area contributed by atoms with Gasteiger partial charge in [-0.25, -0.2) is 0 Å². The van der Waals surface area contributed by atoms with Crippen molar-refractivity contribution in [3.05, 3.63) is 35.4 Å². The van der Waals surface area contributed by atoms with Gasteiger partial charge in [-0.2, -0.15) is 13.2 Å². The predicted octanol–water partition coefficient (Wildman–Crippen LogP) is 2.78. The van der Waals surface area contributed by atoms with Crippen LogP contribution in [0.25, 0.3) is 6.08 Å². The molecule has 0 aliphatic rings. The number of rotatable bonds is 3. The highest BCUT2D eigenvalue weighted by molar-refractivity contribution is 5.71. The van der Waals surface area contributed by atoms with Gasteiger partial charge in [0, 0.05) is 5.69 Å². The quantitative estimate of drug-likeness (QED) is 0.805. The van der Waals surface area contributed by atoms with E-state index in [-0.39, 0.29) is 17.7 Å². The lowest BCUT2D eigenvalue weighted by Crippen LogP contribution is -2.07. The topological polar surface area (TPSA) is 63.3 Å². The van der Waals surface area contributed by atoms with Crippen LogP contribution in [0.4, 0.5) is 18.9 Å². The highest BCUT2D eigenvalue weighted by Crippen LogP contribution is 2.33. The molecule has 0 saturated heterocycles. The van der Waals surface area contributed by atoms with Crippen LogP contribution in [-0.2, 0) is 11.0 Å². The Balaban J connectivity index is 3.08. The van der Waals surface area contributed by atoms with Crippen LogP contribution in [0.1, 0.15) is 17.5 Å². The van der Waals surface area contributed by atoms with Gasteiger partial charge in [0.15, 0.2) is 0 Å². The maximum atomic E-state index is 12.6. The number of alkyl halides is 3. The largest absolute Gasteiger partial charge is 0.481 e. The van der Waals surface area contributed by atoms with E-state index in [9.17, 15) is 18.0 Å². The summed E-state index contributed by atoms with van der Waals surface area (Å²) in [5.41, 5.74) is 4.59. The van der Waals surface area contributed by atoms with Crippen LogP contribution in [0, 0.1) is 0 Å². The number of nitrogen functional groups attached to an aromatic ring is 1. The zero-order valence-corrected chi connectivity index (χ0v) is 8.66. The number of anilines is 1. The number of benzene rings is 1. The van der Waals surface area contributed by atoms with Gasteiger partial charge in [0.25, 0.3) is 0 Å². The van der Waals surface area contributed by atoms with Gasteiger partial charge in [-0.15, -0.1) is 0 Å². The Morgan fingerprint density at radius 2 is 2.06 bits per heavy atom. The lowest BCUT2D eigenvalue weighted by atomic mass is 10.1. The molecule has 0 atom stereocenters. The minimum Gasteiger partial charge on any atom is -0.481 e. The third-order valence-electron chi connectivity index (χ3n) is 1.97. The highest BCUT2D eigenvalue weighted by Gasteiger charge is 2.32. The standard InChI is InChI=1S/C11H10F3NO2/c12-11(13,14)9-5-4-8(15)6-7(9)2-1-3-10(16)17/h1-2,4-6H,3,15H2,(H,16,17). The molecule has 0 aliphatic heterocycles. The Morgan fingerprint density at radius 1 is 1.41 bits per heavy atom. The summed E-state index contributed by atoms with van der Waals surface area (Å²) < 4.78 is 37.7. The van der Waals surface area contributed by atoms with E-state index < -0.39 is 17.7 Å². The molecule has 3 N–H and O–H groups in total. The van der Waals surface area contributed by atoms with E-state index in [4.69, 9.17) is 10.8 Å². The molecule has 1 rings (SSSR count). The number of carbonyl (C=O) groups is 1. The second kappa shape index (κ2) is 4.90. The zero-order chi connectivity index (χ0) is 13.1. The first-order valence-electron chi connectivity index (χ1n) is 4.66. The summed E-state index contributed by atoms with van der Waals surface area (Å²) in [6.07, 6.45) is -2.58. The van der Waals surface area contributed by atoms with E-state index >= 15 is 0 Å². The maximum absolute atomic E-state index is 12.6. The van der Waals surface area contributed by atoms with Crippen LogP contribution in [0.3, 0.4) is 0 Å².